The van der Waals surface area contributed by atoms with Crippen LogP contribution >= 0.6 is 0 Å². The molecule has 0 atom stereocenters. The van der Waals surface area contributed by atoms with Crippen molar-refractivity contribution < 1.29 is 0 Å². The first-order valence-electron chi connectivity index (χ1n) is 6.93. The van der Waals surface area contributed by atoms with E-state index in [9.17, 15) is 0 Å². The van der Waals surface area contributed by atoms with E-state index >= 15 is 0 Å². The average molecular weight is 254 g/mol. The lowest BCUT2D eigenvalue weighted by molar-refractivity contribution is 1.36. The molecule has 0 unspecified atom stereocenters. The Morgan fingerprint density at radius 2 is 1.40 bits per heavy atom. The molecule has 0 bridgehead atoms. The third-order valence-electron chi connectivity index (χ3n) is 4.07. The lowest BCUT2D eigenvalue weighted by atomic mass is 9.91. The fourth-order valence-electron chi connectivity index (χ4n) is 3.13. The monoisotopic (exact) mass is 254 g/mol. The molecular formula is C20H14. The van der Waals surface area contributed by atoms with Gasteiger partial charge in [0.15, 0.2) is 0 Å². The second-order valence-electron chi connectivity index (χ2n) is 5.18. The first-order valence-corrected chi connectivity index (χ1v) is 6.93. The van der Waals surface area contributed by atoms with Crippen LogP contribution in [0.4, 0.5) is 0 Å². The normalized spacial score (nSPS) is 11.1. The Bertz CT molecular complexity index is 965. The van der Waals surface area contributed by atoms with Crippen molar-refractivity contribution in [3.05, 3.63) is 60.2 Å². The van der Waals surface area contributed by atoms with Gasteiger partial charge in [-0.05, 0) is 44.8 Å². The number of hydrogen-bond donors (Lipinski definition) is 0. The van der Waals surface area contributed by atoms with Gasteiger partial charge in [0, 0.05) is 6.42 Å². The van der Waals surface area contributed by atoms with Gasteiger partial charge in [-0.25, -0.2) is 0 Å². The molecule has 20 heavy (non-hydrogen) atoms. The maximum absolute atomic E-state index is 3.19. The van der Waals surface area contributed by atoms with Crippen LogP contribution < -0.4 is 0 Å². The Morgan fingerprint density at radius 1 is 0.750 bits per heavy atom. The summed E-state index contributed by atoms with van der Waals surface area (Å²) in [6.07, 6.45) is 0.824. The Morgan fingerprint density at radius 3 is 2.15 bits per heavy atom. The average Bonchev–Trinajstić information content (AvgIpc) is 2.51. The van der Waals surface area contributed by atoms with E-state index in [4.69, 9.17) is 0 Å². The van der Waals surface area contributed by atoms with Gasteiger partial charge in [0.25, 0.3) is 0 Å². The minimum absolute atomic E-state index is 0.824. The van der Waals surface area contributed by atoms with Crippen molar-refractivity contribution in [3.8, 4) is 11.8 Å². The van der Waals surface area contributed by atoms with Gasteiger partial charge < -0.3 is 0 Å². The van der Waals surface area contributed by atoms with Crippen LogP contribution in [0, 0.1) is 11.8 Å². The van der Waals surface area contributed by atoms with E-state index in [1.165, 1.54) is 37.9 Å². The van der Waals surface area contributed by atoms with Crippen molar-refractivity contribution in [2.75, 3.05) is 0 Å². The third kappa shape index (κ3) is 1.50. The van der Waals surface area contributed by atoms with Crippen molar-refractivity contribution in [1.82, 2.24) is 0 Å². The number of rotatable bonds is 1. The standard InChI is InChI=1S/C20H14/c1-2-3-5-14-8-9-17-11-10-15-6-4-7-16-12-13-18(14)20(17)19(15)16/h4,6-13H,5H2,1H3. The lowest BCUT2D eigenvalue weighted by Gasteiger charge is -2.12. The zero-order valence-electron chi connectivity index (χ0n) is 11.4. The van der Waals surface area contributed by atoms with Crippen molar-refractivity contribution >= 4 is 32.3 Å². The Hall–Kier alpha value is -2.52. The van der Waals surface area contributed by atoms with E-state index in [1.54, 1.807) is 0 Å². The molecule has 4 aromatic carbocycles. The van der Waals surface area contributed by atoms with Gasteiger partial charge in [-0.1, -0.05) is 60.5 Å². The summed E-state index contributed by atoms with van der Waals surface area (Å²) in [6.45, 7) is 1.90. The molecule has 0 radical (unpaired) electrons. The fraction of sp³-hybridized carbons (Fsp3) is 0.100. The second-order valence-corrected chi connectivity index (χ2v) is 5.18. The molecule has 0 nitrogen and oxygen atoms in total. The van der Waals surface area contributed by atoms with Crippen LogP contribution in [0.3, 0.4) is 0 Å². The first kappa shape index (κ1) is 11.3. The number of benzene rings is 4. The molecule has 94 valence electrons. The van der Waals surface area contributed by atoms with E-state index in [1.807, 2.05) is 6.92 Å². The van der Waals surface area contributed by atoms with Crippen LogP contribution in [0.5, 0.6) is 0 Å². The molecule has 0 aliphatic carbocycles. The molecule has 0 heteroatoms. The second kappa shape index (κ2) is 4.25. The van der Waals surface area contributed by atoms with Crippen LogP contribution in [0.2, 0.25) is 0 Å². The zero-order chi connectivity index (χ0) is 13.5. The quantitative estimate of drug-likeness (QED) is 0.325. The van der Waals surface area contributed by atoms with Gasteiger partial charge in [-0.15, -0.1) is 5.92 Å². The molecule has 0 aromatic heterocycles. The van der Waals surface area contributed by atoms with Crippen LogP contribution in [0.1, 0.15) is 12.5 Å². The molecule has 0 heterocycles. The smallest absolute Gasteiger partial charge is 0.0346 e. The molecule has 4 rings (SSSR count). The van der Waals surface area contributed by atoms with E-state index in [0.717, 1.165) is 6.42 Å². The maximum atomic E-state index is 3.19. The minimum Gasteiger partial charge on any atom is -0.106 e. The number of hydrogen-bond acceptors (Lipinski definition) is 0. The van der Waals surface area contributed by atoms with Crippen molar-refractivity contribution in [3.63, 3.8) is 0 Å². The van der Waals surface area contributed by atoms with Crippen molar-refractivity contribution in [2.24, 2.45) is 0 Å². The Kier molecular flexibility index (Phi) is 2.41. The molecule has 4 aromatic rings. The molecule has 0 spiro atoms. The molecule has 0 aliphatic heterocycles. The molecule has 0 N–H and O–H groups in total. The van der Waals surface area contributed by atoms with Crippen LogP contribution in [-0.2, 0) is 6.42 Å². The highest BCUT2D eigenvalue weighted by atomic mass is 14.1. The Labute approximate surface area is 118 Å². The third-order valence-corrected chi connectivity index (χ3v) is 4.07. The van der Waals surface area contributed by atoms with E-state index in [-0.39, 0.29) is 0 Å². The van der Waals surface area contributed by atoms with Crippen LogP contribution in [0.15, 0.2) is 54.6 Å². The van der Waals surface area contributed by atoms with E-state index in [0.29, 0.717) is 0 Å². The van der Waals surface area contributed by atoms with Gasteiger partial charge in [0.1, 0.15) is 0 Å². The molecule has 0 fully saturated rings. The Balaban J connectivity index is 2.22. The van der Waals surface area contributed by atoms with Crippen molar-refractivity contribution in [1.29, 1.82) is 0 Å². The lowest BCUT2D eigenvalue weighted by Crippen LogP contribution is -1.89. The zero-order valence-corrected chi connectivity index (χ0v) is 11.4. The molecular weight excluding hydrogens is 240 g/mol. The summed E-state index contributed by atoms with van der Waals surface area (Å²) in [5, 5.41) is 8.07. The van der Waals surface area contributed by atoms with Crippen LogP contribution in [0.25, 0.3) is 32.3 Å². The highest BCUT2D eigenvalue weighted by molar-refractivity contribution is 6.23. The van der Waals surface area contributed by atoms with Gasteiger partial charge >= 0.3 is 0 Å². The molecule has 0 saturated carbocycles. The SMILES string of the molecule is CC#CCc1ccc2ccc3cccc4ccc1c2c34. The summed E-state index contributed by atoms with van der Waals surface area (Å²) in [5.74, 6) is 6.18. The summed E-state index contributed by atoms with van der Waals surface area (Å²) >= 11 is 0. The van der Waals surface area contributed by atoms with Gasteiger partial charge in [0.05, 0.1) is 0 Å². The highest BCUT2D eigenvalue weighted by Crippen LogP contribution is 2.35. The molecule has 0 amide bonds. The predicted molar refractivity (Wildman–Crippen MR) is 87.3 cm³/mol. The summed E-state index contributed by atoms with van der Waals surface area (Å²) < 4.78 is 0. The summed E-state index contributed by atoms with van der Waals surface area (Å²) in [6, 6.07) is 19.9. The highest BCUT2D eigenvalue weighted by Gasteiger charge is 2.09. The summed E-state index contributed by atoms with van der Waals surface area (Å²) in [5.41, 5.74) is 1.32. The summed E-state index contributed by atoms with van der Waals surface area (Å²) in [7, 11) is 0. The molecule has 0 aliphatic rings. The predicted octanol–water partition coefficient (Wildman–Crippen LogP) is 5.15. The first-order chi connectivity index (χ1) is 9.88. The van der Waals surface area contributed by atoms with E-state index in [2.05, 4.69) is 66.4 Å². The van der Waals surface area contributed by atoms with Crippen molar-refractivity contribution in [2.45, 2.75) is 13.3 Å². The van der Waals surface area contributed by atoms with Gasteiger partial charge in [-0.3, -0.25) is 0 Å². The molecule has 0 saturated heterocycles. The van der Waals surface area contributed by atoms with Crippen LogP contribution in [-0.4, -0.2) is 0 Å². The summed E-state index contributed by atoms with van der Waals surface area (Å²) in [4.78, 5) is 0. The van der Waals surface area contributed by atoms with E-state index < -0.39 is 0 Å². The minimum atomic E-state index is 0.824. The maximum Gasteiger partial charge on any atom is 0.0346 e. The topological polar surface area (TPSA) is 0 Å². The largest absolute Gasteiger partial charge is 0.106 e. The fourth-order valence-corrected chi connectivity index (χ4v) is 3.13. The van der Waals surface area contributed by atoms with Gasteiger partial charge in [-0.2, -0.15) is 0 Å². The van der Waals surface area contributed by atoms with Gasteiger partial charge in [0.2, 0.25) is 0 Å².